The Hall–Kier alpha value is -1.22. The average Bonchev–Trinajstić information content (AvgIpc) is 3.01. The first-order valence-electron chi connectivity index (χ1n) is 5.89. The molecule has 1 saturated heterocycles. The van der Waals surface area contributed by atoms with Crippen molar-refractivity contribution in [2.75, 3.05) is 13.6 Å². The summed E-state index contributed by atoms with van der Waals surface area (Å²) in [6.07, 6.45) is 2.48. The van der Waals surface area contributed by atoms with E-state index in [-0.39, 0.29) is 6.04 Å². The summed E-state index contributed by atoms with van der Waals surface area (Å²) >= 11 is 1.58. The molecule has 6 nitrogen and oxygen atoms in total. The minimum absolute atomic E-state index is 0.136. The van der Waals surface area contributed by atoms with Crippen molar-refractivity contribution in [1.29, 1.82) is 0 Å². The molecule has 0 unspecified atom stereocenters. The number of nitrogens with zero attached hydrogens (tertiary/aromatic N) is 2. The third kappa shape index (κ3) is 2.44. The zero-order valence-electron chi connectivity index (χ0n) is 10.3. The standard InChI is InChI=1S/C11H14N4O2S2/c1-15-7-5-9(14-19(15,16)17)11-3-2-10(18-11)8-4-6-12-13-8/h2-4,6,9,14H,5,7H2,1H3,(H,12,13)/t9-/m0/s1. The predicted octanol–water partition coefficient (Wildman–Crippen LogP) is 1.35. The lowest BCUT2D eigenvalue weighted by molar-refractivity contribution is 0.384. The molecule has 3 heterocycles. The van der Waals surface area contributed by atoms with Crippen LogP contribution in [-0.4, -0.2) is 36.5 Å². The van der Waals surface area contributed by atoms with Gasteiger partial charge in [-0.25, -0.2) is 0 Å². The number of hydrogen-bond donors (Lipinski definition) is 2. The molecular weight excluding hydrogens is 284 g/mol. The van der Waals surface area contributed by atoms with Crippen molar-refractivity contribution in [2.45, 2.75) is 12.5 Å². The highest BCUT2D eigenvalue weighted by Gasteiger charge is 2.30. The summed E-state index contributed by atoms with van der Waals surface area (Å²) in [6, 6.07) is 5.72. The second-order valence-electron chi connectivity index (χ2n) is 4.46. The Bertz CT molecular complexity index is 663. The Balaban J connectivity index is 1.84. The van der Waals surface area contributed by atoms with E-state index in [4.69, 9.17) is 0 Å². The maximum Gasteiger partial charge on any atom is 0.279 e. The van der Waals surface area contributed by atoms with Gasteiger partial charge in [-0.05, 0) is 24.6 Å². The van der Waals surface area contributed by atoms with Gasteiger partial charge in [-0.1, -0.05) is 0 Å². The molecule has 1 aliphatic rings. The maximum absolute atomic E-state index is 11.8. The van der Waals surface area contributed by atoms with Crippen LogP contribution in [0.15, 0.2) is 24.4 Å². The third-order valence-electron chi connectivity index (χ3n) is 3.17. The Labute approximate surface area is 115 Å². The van der Waals surface area contributed by atoms with E-state index in [1.807, 2.05) is 18.2 Å². The van der Waals surface area contributed by atoms with Gasteiger partial charge >= 0.3 is 0 Å². The number of thiophene rings is 1. The first-order chi connectivity index (χ1) is 9.06. The molecule has 1 aliphatic heterocycles. The topological polar surface area (TPSA) is 78.1 Å². The second-order valence-corrected chi connectivity index (χ2v) is 7.38. The molecule has 0 aromatic carbocycles. The SMILES string of the molecule is CN1CC[C@@H](c2ccc(-c3ccn[nH]3)s2)NS1(=O)=O. The molecule has 3 rings (SSSR count). The second kappa shape index (κ2) is 4.71. The lowest BCUT2D eigenvalue weighted by atomic mass is 10.2. The van der Waals surface area contributed by atoms with Crippen LogP contribution in [0.2, 0.25) is 0 Å². The molecule has 8 heteroatoms. The van der Waals surface area contributed by atoms with Crippen LogP contribution >= 0.6 is 11.3 Å². The monoisotopic (exact) mass is 298 g/mol. The fourth-order valence-corrected chi connectivity index (χ4v) is 4.31. The molecule has 2 aromatic heterocycles. The minimum Gasteiger partial charge on any atom is -0.277 e. The zero-order valence-corrected chi connectivity index (χ0v) is 12.0. The first-order valence-corrected chi connectivity index (χ1v) is 8.15. The van der Waals surface area contributed by atoms with E-state index in [0.717, 1.165) is 21.9 Å². The number of H-pyrrole nitrogens is 1. The number of nitrogens with one attached hydrogen (secondary N) is 2. The Morgan fingerprint density at radius 2 is 2.26 bits per heavy atom. The summed E-state index contributed by atoms with van der Waals surface area (Å²) in [6.45, 7) is 0.539. The van der Waals surface area contributed by atoms with Crippen LogP contribution in [0.1, 0.15) is 17.3 Å². The predicted molar refractivity (Wildman–Crippen MR) is 73.9 cm³/mol. The van der Waals surface area contributed by atoms with E-state index in [0.29, 0.717) is 6.54 Å². The molecule has 102 valence electrons. The van der Waals surface area contributed by atoms with Crippen LogP contribution in [0.5, 0.6) is 0 Å². The van der Waals surface area contributed by atoms with E-state index < -0.39 is 10.2 Å². The van der Waals surface area contributed by atoms with E-state index in [1.54, 1.807) is 24.6 Å². The van der Waals surface area contributed by atoms with Crippen LogP contribution < -0.4 is 4.72 Å². The van der Waals surface area contributed by atoms with Gasteiger partial charge in [0.15, 0.2) is 0 Å². The minimum atomic E-state index is -3.33. The van der Waals surface area contributed by atoms with Gasteiger partial charge in [0.05, 0.1) is 16.6 Å². The fraction of sp³-hybridized carbons (Fsp3) is 0.364. The van der Waals surface area contributed by atoms with Crippen molar-refractivity contribution in [3.8, 4) is 10.6 Å². The molecule has 2 N–H and O–H groups in total. The van der Waals surface area contributed by atoms with Crippen LogP contribution in [0.3, 0.4) is 0 Å². The summed E-state index contributed by atoms with van der Waals surface area (Å²) in [4.78, 5) is 2.09. The van der Waals surface area contributed by atoms with Gasteiger partial charge in [-0.15, -0.1) is 11.3 Å². The molecule has 0 saturated carbocycles. The van der Waals surface area contributed by atoms with Gasteiger partial charge in [-0.2, -0.15) is 22.5 Å². The number of aromatic amines is 1. The van der Waals surface area contributed by atoms with Crippen molar-refractivity contribution in [2.24, 2.45) is 0 Å². The highest BCUT2D eigenvalue weighted by atomic mass is 32.2. The third-order valence-corrected chi connectivity index (χ3v) is 5.99. The Morgan fingerprint density at radius 1 is 1.42 bits per heavy atom. The van der Waals surface area contributed by atoms with Gasteiger partial charge in [0.25, 0.3) is 10.2 Å². The van der Waals surface area contributed by atoms with Gasteiger partial charge in [-0.3, -0.25) is 5.10 Å². The molecule has 2 aromatic rings. The highest BCUT2D eigenvalue weighted by molar-refractivity contribution is 7.87. The maximum atomic E-state index is 11.8. The summed E-state index contributed by atoms with van der Waals surface area (Å²) in [5, 5.41) is 6.82. The van der Waals surface area contributed by atoms with Gasteiger partial charge in [0, 0.05) is 24.7 Å². The van der Waals surface area contributed by atoms with Crippen molar-refractivity contribution in [3.05, 3.63) is 29.3 Å². The molecule has 0 aliphatic carbocycles. The van der Waals surface area contributed by atoms with E-state index in [2.05, 4.69) is 14.9 Å². The van der Waals surface area contributed by atoms with Crippen molar-refractivity contribution in [1.82, 2.24) is 19.2 Å². The molecule has 0 bridgehead atoms. The summed E-state index contributed by atoms with van der Waals surface area (Å²) in [5.41, 5.74) is 0.951. The molecule has 19 heavy (non-hydrogen) atoms. The van der Waals surface area contributed by atoms with Crippen molar-refractivity contribution < 1.29 is 8.42 Å². The lowest BCUT2D eigenvalue weighted by Crippen LogP contribution is -2.46. The zero-order chi connectivity index (χ0) is 13.5. The quantitative estimate of drug-likeness (QED) is 0.878. The van der Waals surface area contributed by atoms with Crippen LogP contribution in [-0.2, 0) is 10.2 Å². The molecule has 0 spiro atoms. The molecular formula is C11H14N4O2S2. The molecule has 1 atom stereocenters. The smallest absolute Gasteiger partial charge is 0.277 e. The van der Waals surface area contributed by atoms with Crippen molar-refractivity contribution in [3.63, 3.8) is 0 Å². The largest absolute Gasteiger partial charge is 0.279 e. The lowest BCUT2D eigenvalue weighted by Gasteiger charge is -2.29. The Kier molecular flexibility index (Phi) is 3.17. The van der Waals surface area contributed by atoms with Gasteiger partial charge in [0.2, 0.25) is 0 Å². The number of rotatable bonds is 2. The van der Waals surface area contributed by atoms with Crippen LogP contribution in [0, 0.1) is 0 Å². The summed E-state index contributed by atoms with van der Waals surface area (Å²) in [7, 11) is -1.75. The van der Waals surface area contributed by atoms with E-state index in [1.165, 1.54) is 4.31 Å². The number of aromatic nitrogens is 2. The van der Waals surface area contributed by atoms with E-state index >= 15 is 0 Å². The first kappa shape index (κ1) is 12.8. The van der Waals surface area contributed by atoms with Crippen molar-refractivity contribution >= 4 is 21.5 Å². The number of hydrogen-bond acceptors (Lipinski definition) is 4. The molecule has 0 radical (unpaired) electrons. The average molecular weight is 298 g/mol. The molecule has 0 amide bonds. The van der Waals surface area contributed by atoms with Crippen LogP contribution in [0.25, 0.3) is 10.6 Å². The molecule has 1 fully saturated rings. The Morgan fingerprint density at radius 3 is 2.95 bits per heavy atom. The van der Waals surface area contributed by atoms with Gasteiger partial charge < -0.3 is 0 Å². The summed E-state index contributed by atoms with van der Waals surface area (Å²) < 4.78 is 27.6. The van der Waals surface area contributed by atoms with Crippen LogP contribution in [0.4, 0.5) is 0 Å². The van der Waals surface area contributed by atoms with E-state index in [9.17, 15) is 8.42 Å². The summed E-state index contributed by atoms with van der Waals surface area (Å²) in [5.74, 6) is 0. The highest BCUT2D eigenvalue weighted by Crippen LogP contribution is 2.33. The fourth-order valence-electron chi connectivity index (χ4n) is 2.04. The normalized spacial score (nSPS) is 23.5. The van der Waals surface area contributed by atoms with Gasteiger partial charge in [0.1, 0.15) is 0 Å².